The highest BCUT2D eigenvalue weighted by Gasteiger charge is 2.14. The van der Waals surface area contributed by atoms with Gasteiger partial charge in [-0.15, -0.1) is 0 Å². The van der Waals surface area contributed by atoms with Crippen LogP contribution < -0.4 is 15.8 Å². The van der Waals surface area contributed by atoms with Gasteiger partial charge in [-0.2, -0.15) is 0 Å². The van der Waals surface area contributed by atoms with Crippen LogP contribution in [0.2, 0.25) is 0 Å². The molecule has 1 aromatic rings. The highest BCUT2D eigenvalue weighted by atomic mass is 16.5. The van der Waals surface area contributed by atoms with E-state index in [-0.39, 0.29) is 35.9 Å². The molecule has 0 saturated heterocycles. The number of nitrogens with two attached hydrogens (primary N) is 1. The number of hydrogen-bond acceptors (Lipinski definition) is 4. The van der Waals surface area contributed by atoms with E-state index >= 15 is 0 Å². The number of anilines is 1. The van der Waals surface area contributed by atoms with Crippen molar-refractivity contribution in [2.24, 2.45) is 0 Å². The van der Waals surface area contributed by atoms with Gasteiger partial charge in [0.15, 0.2) is 5.75 Å². The number of carboxylic acids is 1. The first-order valence-corrected chi connectivity index (χ1v) is 5.57. The Morgan fingerprint density at radius 1 is 1.44 bits per heavy atom. The monoisotopic (exact) mass is 252 g/mol. The summed E-state index contributed by atoms with van der Waals surface area (Å²) in [5.41, 5.74) is 5.88. The van der Waals surface area contributed by atoms with Crippen molar-refractivity contribution < 1.29 is 19.4 Å². The average Bonchev–Trinajstić information content (AvgIpc) is 2.31. The van der Waals surface area contributed by atoms with E-state index in [2.05, 4.69) is 5.32 Å². The molecule has 0 fully saturated rings. The van der Waals surface area contributed by atoms with E-state index in [0.29, 0.717) is 6.54 Å². The number of carbonyl (C=O) groups is 2. The maximum Gasteiger partial charge on any atom is 0.339 e. The maximum atomic E-state index is 11.2. The second kappa shape index (κ2) is 6.48. The van der Waals surface area contributed by atoms with Gasteiger partial charge in [-0.05, 0) is 19.1 Å². The van der Waals surface area contributed by atoms with Gasteiger partial charge in [-0.25, -0.2) is 4.79 Å². The van der Waals surface area contributed by atoms with Gasteiger partial charge in [0.1, 0.15) is 5.56 Å². The molecule has 4 N–H and O–H groups in total. The van der Waals surface area contributed by atoms with Crippen molar-refractivity contribution in [1.29, 1.82) is 0 Å². The third kappa shape index (κ3) is 3.65. The smallest absolute Gasteiger partial charge is 0.339 e. The van der Waals surface area contributed by atoms with E-state index in [9.17, 15) is 9.59 Å². The molecule has 98 valence electrons. The van der Waals surface area contributed by atoms with Crippen molar-refractivity contribution in [2.45, 2.75) is 13.3 Å². The number of rotatable bonds is 6. The zero-order valence-corrected chi connectivity index (χ0v) is 10.1. The minimum atomic E-state index is -1.12. The van der Waals surface area contributed by atoms with Crippen LogP contribution in [0.25, 0.3) is 0 Å². The molecule has 0 saturated carbocycles. The number of carbonyl (C=O) groups excluding carboxylic acids is 1. The lowest BCUT2D eigenvalue weighted by molar-refractivity contribution is -0.121. The quantitative estimate of drug-likeness (QED) is 0.652. The molecule has 0 unspecified atom stereocenters. The first-order chi connectivity index (χ1) is 8.56. The van der Waals surface area contributed by atoms with Crippen molar-refractivity contribution in [1.82, 2.24) is 5.32 Å². The lowest BCUT2D eigenvalue weighted by Gasteiger charge is -2.11. The van der Waals surface area contributed by atoms with Gasteiger partial charge in [0, 0.05) is 6.54 Å². The third-order valence-corrected chi connectivity index (χ3v) is 2.23. The zero-order valence-electron chi connectivity index (χ0n) is 10.1. The summed E-state index contributed by atoms with van der Waals surface area (Å²) in [5.74, 6) is -1.16. The van der Waals surface area contributed by atoms with Crippen LogP contribution in [-0.2, 0) is 4.79 Å². The average molecular weight is 252 g/mol. The molecule has 0 aromatic heterocycles. The van der Waals surface area contributed by atoms with Gasteiger partial charge in [-0.1, -0.05) is 6.07 Å². The number of nitrogen functional groups attached to an aromatic ring is 1. The Morgan fingerprint density at radius 3 is 2.78 bits per heavy atom. The SMILES string of the molecule is CCNC(=O)CCOc1c(N)cccc1C(=O)O. The molecule has 0 atom stereocenters. The molecule has 18 heavy (non-hydrogen) atoms. The van der Waals surface area contributed by atoms with Crippen molar-refractivity contribution in [3.8, 4) is 5.75 Å². The summed E-state index contributed by atoms with van der Waals surface area (Å²) >= 11 is 0. The zero-order chi connectivity index (χ0) is 13.5. The molecule has 1 amide bonds. The molecule has 0 heterocycles. The second-order valence-corrected chi connectivity index (χ2v) is 3.58. The molecule has 0 spiro atoms. The number of nitrogens with one attached hydrogen (secondary N) is 1. The first-order valence-electron chi connectivity index (χ1n) is 5.57. The summed E-state index contributed by atoms with van der Waals surface area (Å²) < 4.78 is 5.28. The summed E-state index contributed by atoms with van der Waals surface area (Å²) in [5, 5.41) is 11.6. The molecule has 0 bridgehead atoms. The van der Waals surface area contributed by atoms with Crippen LogP contribution in [0, 0.1) is 0 Å². The molecule has 1 aromatic carbocycles. The highest BCUT2D eigenvalue weighted by molar-refractivity contribution is 5.93. The molecule has 6 heteroatoms. The fourth-order valence-electron chi connectivity index (χ4n) is 1.42. The van der Waals surface area contributed by atoms with Gasteiger partial charge >= 0.3 is 5.97 Å². The van der Waals surface area contributed by atoms with E-state index in [1.165, 1.54) is 12.1 Å². The Bertz CT molecular complexity index is 446. The largest absolute Gasteiger partial charge is 0.490 e. The Hall–Kier alpha value is -2.24. The van der Waals surface area contributed by atoms with Crippen LogP contribution in [0.4, 0.5) is 5.69 Å². The number of amides is 1. The Kier molecular flexibility index (Phi) is 4.98. The van der Waals surface area contributed by atoms with Crippen molar-refractivity contribution in [2.75, 3.05) is 18.9 Å². The molecule has 0 aliphatic carbocycles. The van der Waals surface area contributed by atoms with Crippen molar-refractivity contribution in [3.05, 3.63) is 23.8 Å². The van der Waals surface area contributed by atoms with Crippen LogP contribution in [0.5, 0.6) is 5.75 Å². The predicted molar refractivity (Wildman–Crippen MR) is 66.6 cm³/mol. The number of aromatic carboxylic acids is 1. The number of para-hydroxylation sites is 1. The molecule has 0 radical (unpaired) electrons. The summed E-state index contributed by atoms with van der Waals surface area (Å²) in [7, 11) is 0. The lowest BCUT2D eigenvalue weighted by atomic mass is 10.2. The Balaban J connectivity index is 2.67. The first kappa shape index (κ1) is 13.8. The van der Waals surface area contributed by atoms with Crippen LogP contribution in [-0.4, -0.2) is 30.1 Å². The van der Waals surface area contributed by atoms with E-state index < -0.39 is 5.97 Å². The number of carboxylic acid groups (broad SMARTS) is 1. The van der Waals surface area contributed by atoms with E-state index in [1.807, 2.05) is 6.92 Å². The number of benzene rings is 1. The minimum Gasteiger partial charge on any atom is -0.490 e. The van der Waals surface area contributed by atoms with Gasteiger partial charge < -0.3 is 20.9 Å². The van der Waals surface area contributed by atoms with Gasteiger partial charge in [0.25, 0.3) is 0 Å². The fraction of sp³-hybridized carbons (Fsp3) is 0.333. The summed E-state index contributed by atoms with van der Waals surface area (Å²) in [6.07, 6.45) is 0.154. The van der Waals surface area contributed by atoms with Crippen LogP contribution in [0.1, 0.15) is 23.7 Å². The van der Waals surface area contributed by atoms with E-state index in [4.69, 9.17) is 15.6 Å². The lowest BCUT2D eigenvalue weighted by Crippen LogP contribution is -2.24. The number of hydrogen-bond donors (Lipinski definition) is 3. The van der Waals surface area contributed by atoms with Crippen molar-refractivity contribution in [3.63, 3.8) is 0 Å². The molecule has 0 aliphatic rings. The van der Waals surface area contributed by atoms with Gasteiger partial charge in [-0.3, -0.25) is 4.79 Å². The highest BCUT2D eigenvalue weighted by Crippen LogP contribution is 2.26. The van der Waals surface area contributed by atoms with E-state index in [0.717, 1.165) is 0 Å². The predicted octanol–water partition coefficient (Wildman–Crippen LogP) is 0.872. The maximum absolute atomic E-state index is 11.2. The third-order valence-electron chi connectivity index (χ3n) is 2.23. The van der Waals surface area contributed by atoms with Crippen LogP contribution in [0.3, 0.4) is 0 Å². The van der Waals surface area contributed by atoms with Gasteiger partial charge in [0.2, 0.25) is 5.91 Å². The van der Waals surface area contributed by atoms with Crippen molar-refractivity contribution >= 4 is 17.6 Å². The Morgan fingerprint density at radius 2 is 2.17 bits per heavy atom. The van der Waals surface area contributed by atoms with Crippen LogP contribution >= 0.6 is 0 Å². The van der Waals surface area contributed by atoms with E-state index in [1.54, 1.807) is 6.07 Å². The van der Waals surface area contributed by atoms with Gasteiger partial charge in [0.05, 0.1) is 18.7 Å². The number of ether oxygens (including phenoxy) is 1. The summed E-state index contributed by atoms with van der Waals surface area (Å²) in [6, 6.07) is 4.49. The Labute approximate surface area is 105 Å². The fourth-order valence-corrected chi connectivity index (χ4v) is 1.42. The van der Waals surface area contributed by atoms with Crippen LogP contribution in [0.15, 0.2) is 18.2 Å². The summed E-state index contributed by atoms with van der Waals surface area (Å²) in [6.45, 7) is 2.45. The molecular weight excluding hydrogens is 236 g/mol. The molecular formula is C12H16N2O4. The molecule has 6 nitrogen and oxygen atoms in total. The minimum absolute atomic E-state index is 0.00843. The topological polar surface area (TPSA) is 102 Å². The second-order valence-electron chi connectivity index (χ2n) is 3.58. The standard InChI is InChI=1S/C12H16N2O4/c1-2-14-10(15)6-7-18-11-8(12(16)17)4-3-5-9(11)13/h3-5H,2,6-7,13H2,1H3,(H,14,15)(H,16,17). The summed E-state index contributed by atoms with van der Waals surface area (Å²) in [4.78, 5) is 22.2. The molecule has 0 aliphatic heterocycles. The molecule has 1 rings (SSSR count). The normalized spacial score (nSPS) is 9.83.